The Kier molecular flexibility index (Phi) is 3.47. The van der Waals surface area contributed by atoms with Crippen LogP contribution in [0.4, 0.5) is 5.69 Å². The number of rotatable bonds is 2. The summed E-state index contributed by atoms with van der Waals surface area (Å²) < 4.78 is 28.7. The van der Waals surface area contributed by atoms with E-state index < -0.39 is 24.3 Å². The molecule has 0 unspecified atom stereocenters. The van der Waals surface area contributed by atoms with Gasteiger partial charge in [0.05, 0.1) is 0 Å². The minimum absolute atomic E-state index is 0.0785. The van der Waals surface area contributed by atoms with Gasteiger partial charge in [-0.3, -0.25) is 0 Å². The Morgan fingerprint density at radius 3 is 2.38 bits per heavy atom. The second-order valence-electron chi connectivity index (χ2n) is 3.27. The van der Waals surface area contributed by atoms with E-state index in [1.165, 1.54) is 26.1 Å². The van der Waals surface area contributed by atoms with E-state index in [0.29, 0.717) is 0 Å². The third-order valence-corrected chi connectivity index (χ3v) is 4.21. The van der Waals surface area contributed by atoms with Crippen molar-refractivity contribution in [3.05, 3.63) is 18.2 Å². The summed E-state index contributed by atoms with van der Waals surface area (Å²) in [4.78, 5) is 12.2. The SMILES string of the molecule is CC(=O)N(C)c1cccc([As](=O)(O)O)c1O. The summed E-state index contributed by atoms with van der Waals surface area (Å²) in [6.07, 6.45) is 0. The molecule has 0 aromatic heterocycles. The summed E-state index contributed by atoms with van der Waals surface area (Å²) in [5.41, 5.74) is 0.0785. The maximum absolute atomic E-state index is 11.1. The van der Waals surface area contributed by atoms with Gasteiger partial charge >= 0.3 is 94.8 Å². The number of phenolic OH excluding ortho intramolecular Hbond substituents is 1. The van der Waals surface area contributed by atoms with Gasteiger partial charge in [0.25, 0.3) is 0 Å². The molecule has 0 atom stereocenters. The van der Waals surface area contributed by atoms with Gasteiger partial charge in [-0.15, -0.1) is 0 Å². The van der Waals surface area contributed by atoms with Crippen LogP contribution < -0.4 is 9.25 Å². The van der Waals surface area contributed by atoms with Crippen LogP contribution >= 0.6 is 0 Å². The van der Waals surface area contributed by atoms with E-state index in [0.717, 1.165) is 11.0 Å². The molecule has 0 saturated heterocycles. The number of carbonyl (C=O) groups excluding carboxylic acids is 1. The van der Waals surface area contributed by atoms with Crippen molar-refractivity contribution >= 4 is 30.1 Å². The molecule has 16 heavy (non-hydrogen) atoms. The second kappa shape index (κ2) is 4.33. The first-order chi connectivity index (χ1) is 7.25. The number of carbonyl (C=O) groups is 1. The Balaban J connectivity index is 3.35. The average molecular weight is 289 g/mol. The van der Waals surface area contributed by atoms with Crippen molar-refractivity contribution in [2.45, 2.75) is 6.92 Å². The van der Waals surface area contributed by atoms with Gasteiger partial charge in [0.15, 0.2) is 0 Å². The van der Waals surface area contributed by atoms with Crippen LogP contribution in [-0.2, 0) is 8.53 Å². The monoisotopic (exact) mass is 289 g/mol. The van der Waals surface area contributed by atoms with Crippen molar-refractivity contribution in [3.8, 4) is 5.75 Å². The number of benzene rings is 1. The number of phenols is 1. The van der Waals surface area contributed by atoms with Crippen LogP contribution in [0.5, 0.6) is 5.75 Å². The Labute approximate surface area is 95.1 Å². The molecule has 0 aliphatic heterocycles. The van der Waals surface area contributed by atoms with E-state index in [2.05, 4.69) is 0 Å². The zero-order valence-electron chi connectivity index (χ0n) is 8.78. The predicted octanol–water partition coefficient (Wildman–Crippen LogP) is -1.06. The summed E-state index contributed by atoms with van der Waals surface area (Å²) in [6.45, 7) is 1.29. The summed E-state index contributed by atoms with van der Waals surface area (Å²) in [5.74, 6) is -0.891. The number of para-hydroxylation sites is 1. The molecule has 0 radical (unpaired) electrons. The van der Waals surface area contributed by atoms with E-state index in [1.54, 1.807) is 0 Å². The predicted molar refractivity (Wildman–Crippen MR) is 57.7 cm³/mol. The van der Waals surface area contributed by atoms with Crippen LogP contribution in [0.25, 0.3) is 0 Å². The molecule has 0 fully saturated rings. The number of hydrogen-bond donors (Lipinski definition) is 3. The van der Waals surface area contributed by atoms with Crippen LogP contribution in [0.1, 0.15) is 6.92 Å². The quantitative estimate of drug-likeness (QED) is 0.603. The molecule has 1 rings (SSSR count). The molecule has 0 saturated carbocycles. The molecule has 0 spiro atoms. The van der Waals surface area contributed by atoms with Crippen molar-refractivity contribution in [2.75, 3.05) is 11.9 Å². The van der Waals surface area contributed by atoms with Gasteiger partial charge in [-0.05, 0) is 0 Å². The average Bonchev–Trinajstić information content (AvgIpc) is 2.15. The van der Waals surface area contributed by atoms with Crippen LogP contribution in [0.15, 0.2) is 18.2 Å². The van der Waals surface area contributed by atoms with Crippen molar-refractivity contribution in [1.82, 2.24) is 0 Å². The van der Waals surface area contributed by atoms with Crippen molar-refractivity contribution in [1.29, 1.82) is 0 Å². The molecule has 0 aliphatic carbocycles. The number of hydrogen-bond acceptors (Lipinski definition) is 3. The molecule has 3 N–H and O–H groups in total. The molecule has 1 aromatic rings. The fourth-order valence-corrected chi connectivity index (χ4v) is 2.60. The van der Waals surface area contributed by atoms with E-state index in [4.69, 9.17) is 8.19 Å². The normalized spacial score (nSPS) is 11.2. The molecule has 7 heteroatoms. The molecule has 0 heterocycles. The zero-order chi connectivity index (χ0) is 12.5. The second-order valence-corrected chi connectivity index (χ2v) is 6.56. The molecular formula is C9H12AsNO5. The Hall–Kier alpha value is -1.23. The van der Waals surface area contributed by atoms with Gasteiger partial charge < -0.3 is 0 Å². The molecule has 88 valence electrons. The number of anilines is 1. The topological polar surface area (TPSA) is 98.1 Å². The van der Waals surface area contributed by atoms with E-state index in [1.807, 2.05) is 0 Å². The van der Waals surface area contributed by atoms with Gasteiger partial charge in [-0.2, -0.15) is 0 Å². The van der Waals surface area contributed by atoms with Gasteiger partial charge in [0.2, 0.25) is 0 Å². The zero-order valence-corrected chi connectivity index (χ0v) is 10.7. The first kappa shape index (κ1) is 12.8. The van der Waals surface area contributed by atoms with Crippen LogP contribution in [-0.4, -0.2) is 40.4 Å². The van der Waals surface area contributed by atoms with Gasteiger partial charge in [-0.25, -0.2) is 0 Å². The molecule has 6 nitrogen and oxygen atoms in total. The van der Waals surface area contributed by atoms with Gasteiger partial charge in [0, 0.05) is 0 Å². The van der Waals surface area contributed by atoms with Gasteiger partial charge in [0.1, 0.15) is 0 Å². The van der Waals surface area contributed by atoms with Crippen molar-refractivity contribution in [2.24, 2.45) is 0 Å². The summed E-state index contributed by atoms with van der Waals surface area (Å²) in [5, 5.41) is 9.67. The van der Waals surface area contributed by atoms with E-state index in [-0.39, 0.29) is 11.6 Å². The summed E-state index contributed by atoms with van der Waals surface area (Å²) >= 11 is -5.17. The van der Waals surface area contributed by atoms with Crippen LogP contribution in [0.2, 0.25) is 0 Å². The van der Waals surface area contributed by atoms with Crippen LogP contribution in [0.3, 0.4) is 0 Å². The third-order valence-electron chi connectivity index (χ3n) is 2.14. The van der Waals surface area contributed by atoms with Crippen molar-refractivity contribution in [3.63, 3.8) is 0 Å². The Morgan fingerprint density at radius 1 is 1.38 bits per heavy atom. The fraction of sp³-hybridized carbons (Fsp3) is 0.222. The van der Waals surface area contributed by atoms with E-state index in [9.17, 15) is 13.6 Å². The van der Waals surface area contributed by atoms with Crippen LogP contribution in [0, 0.1) is 0 Å². The minimum atomic E-state index is -5.17. The first-order valence-electron chi connectivity index (χ1n) is 4.37. The molecular weight excluding hydrogens is 277 g/mol. The summed E-state index contributed by atoms with van der Waals surface area (Å²) in [7, 11) is 1.41. The number of amides is 1. The van der Waals surface area contributed by atoms with Gasteiger partial charge in [-0.1, -0.05) is 0 Å². The molecule has 1 aromatic carbocycles. The third kappa shape index (κ3) is 2.47. The Morgan fingerprint density at radius 2 is 1.94 bits per heavy atom. The molecule has 0 aliphatic rings. The standard InChI is InChI=1S/C9H12AsNO5/c1-6(12)11(2)8-5-3-4-7(9(8)13)10(14,15)16/h3-5,13H,1-2H3,(H2,14,15,16). The summed E-state index contributed by atoms with van der Waals surface area (Å²) in [6, 6.07) is 3.93. The maximum atomic E-state index is 11.1. The first-order valence-corrected chi connectivity index (χ1v) is 7.76. The fourth-order valence-electron chi connectivity index (χ4n) is 1.19. The number of aromatic hydroxyl groups is 1. The van der Waals surface area contributed by atoms with Crippen molar-refractivity contribution < 1.29 is 21.8 Å². The number of nitrogens with zero attached hydrogens (tertiary/aromatic N) is 1. The molecule has 0 bridgehead atoms. The Bertz CT molecular complexity index is 467. The van der Waals surface area contributed by atoms with E-state index >= 15 is 0 Å². The molecule has 1 amide bonds.